The van der Waals surface area contributed by atoms with Crippen LogP contribution in [0, 0.1) is 13.8 Å². The Balaban J connectivity index is 2.33. The molecule has 1 aromatic heterocycles. The molecular weight excluding hydrogens is 244 g/mol. The van der Waals surface area contributed by atoms with Crippen LogP contribution < -0.4 is 20.7 Å². The van der Waals surface area contributed by atoms with Crippen LogP contribution in [0.15, 0.2) is 24.3 Å². The van der Waals surface area contributed by atoms with Gasteiger partial charge in [-0.1, -0.05) is 6.07 Å². The lowest BCUT2D eigenvalue weighted by Gasteiger charge is -2.11. The Labute approximate surface area is 111 Å². The molecule has 0 spiro atoms. The van der Waals surface area contributed by atoms with Gasteiger partial charge in [0, 0.05) is 11.8 Å². The number of ether oxygens (including phenoxy) is 2. The average molecular weight is 260 g/mol. The normalized spacial score (nSPS) is 10.1. The first-order valence-corrected chi connectivity index (χ1v) is 5.77. The van der Waals surface area contributed by atoms with E-state index in [4.69, 9.17) is 15.3 Å². The molecular formula is C13H16N4O2. The Kier molecular flexibility index (Phi) is 3.82. The largest absolute Gasteiger partial charge is 0.493 e. The summed E-state index contributed by atoms with van der Waals surface area (Å²) < 4.78 is 11.0. The molecule has 0 amide bonds. The van der Waals surface area contributed by atoms with Crippen molar-refractivity contribution in [2.45, 2.75) is 13.8 Å². The Morgan fingerprint density at radius 3 is 2.58 bits per heavy atom. The number of methoxy groups -OCH3 is 1. The van der Waals surface area contributed by atoms with Gasteiger partial charge < -0.3 is 9.47 Å². The first kappa shape index (κ1) is 13.1. The third-order valence-electron chi connectivity index (χ3n) is 2.49. The fourth-order valence-corrected chi connectivity index (χ4v) is 1.63. The smallest absolute Gasteiger partial charge is 0.240 e. The van der Waals surface area contributed by atoms with Gasteiger partial charge in [-0.15, -0.1) is 0 Å². The number of nitrogens with one attached hydrogen (secondary N) is 1. The number of hydrogen-bond acceptors (Lipinski definition) is 6. The van der Waals surface area contributed by atoms with E-state index in [1.807, 2.05) is 32.0 Å². The molecule has 1 aromatic carbocycles. The molecule has 0 bridgehead atoms. The Morgan fingerprint density at radius 1 is 1.11 bits per heavy atom. The first-order chi connectivity index (χ1) is 9.12. The molecule has 0 aliphatic heterocycles. The maximum Gasteiger partial charge on any atom is 0.240 e. The summed E-state index contributed by atoms with van der Waals surface area (Å²) in [7, 11) is 1.60. The van der Waals surface area contributed by atoms with Crippen LogP contribution in [0.1, 0.15) is 11.3 Å². The quantitative estimate of drug-likeness (QED) is 0.647. The highest BCUT2D eigenvalue weighted by molar-refractivity contribution is 5.44. The zero-order valence-electron chi connectivity index (χ0n) is 11.1. The minimum absolute atomic E-state index is 0.307. The van der Waals surface area contributed by atoms with Gasteiger partial charge in [0.1, 0.15) is 0 Å². The molecule has 2 rings (SSSR count). The van der Waals surface area contributed by atoms with Crippen molar-refractivity contribution < 1.29 is 9.47 Å². The molecule has 100 valence electrons. The summed E-state index contributed by atoms with van der Waals surface area (Å²) in [6.07, 6.45) is 0. The minimum Gasteiger partial charge on any atom is -0.493 e. The fourth-order valence-electron chi connectivity index (χ4n) is 1.63. The molecule has 0 radical (unpaired) electrons. The van der Waals surface area contributed by atoms with Gasteiger partial charge in [0.05, 0.1) is 7.11 Å². The molecule has 3 N–H and O–H groups in total. The number of hydrazine groups is 1. The fraction of sp³-hybridized carbons (Fsp3) is 0.231. The highest BCUT2D eigenvalue weighted by Gasteiger charge is 2.08. The number of hydrogen-bond donors (Lipinski definition) is 2. The molecule has 0 saturated heterocycles. The third kappa shape index (κ3) is 3.11. The summed E-state index contributed by atoms with van der Waals surface area (Å²) in [5, 5.41) is 0. The van der Waals surface area contributed by atoms with E-state index in [2.05, 4.69) is 15.4 Å². The zero-order valence-corrected chi connectivity index (χ0v) is 11.1. The lowest BCUT2D eigenvalue weighted by molar-refractivity contribution is 0.373. The van der Waals surface area contributed by atoms with Crippen molar-refractivity contribution in [3.63, 3.8) is 0 Å². The predicted molar refractivity (Wildman–Crippen MR) is 72.4 cm³/mol. The molecule has 0 fully saturated rings. The second-order valence-electron chi connectivity index (χ2n) is 4.07. The van der Waals surface area contributed by atoms with Crippen molar-refractivity contribution in [1.29, 1.82) is 0 Å². The number of rotatable bonds is 4. The van der Waals surface area contributed by atoms with Gasteiger partial charge in [-0.3, -0.25) is 5.43 Å². The van der Waals surface area contributed by atoms with E-state index in [1.165, 1.54) is 0 Å². The highest BCUT2D eigenvalue weighted by Crippen LogP contribution is 2.31. The van der Waals surface area contributed by atoms with Gasteiger partial charge in [-0.2, -0.15) is 4.98 Å². The molecule has 0 saturated carbocycles. The number of aromatic nitrogens is 2. The van der Waals surface area contributed by atoms with Crippen molar-refractivity contribution in [2.24, 2.45) is 5.84 Å². The molecule has 0 unspecified atom stereocenters. The number of benzene rings is 1. The lowest BCUT2D eigenvalue weighted by Crippen LogP contribution is -2.11. The standard InChI is InChI=1S/C13H16N4O2/c1-8-4-5-10(11(6-8)18-3)19-12-7-9(2)15-13(16-12)17-14/h4-7H,14H2,1-3H3,(H,15,16,17). The molecule has 0 aliphatic rings. The van der Waals surface area contributed by atoms with Gasteiger partial charge >= 0.3 is 0 Å². The molecule has 2 aromatic rings. The van der Waals surface area contributed by atoms with Crippen LogP contribution >= 0.6 is 0 Å². The monoisotopic (exact) mass is 260 g/mol. The van der Waals surface area contributed by atoms with E-state index in [0.29, 0.717) is 23.3 Å². The summed E-state index contributed by atoms with van der Waals surface area (Å²) in [5.41, 5.74) is 4.24. The van der Waals surface area contributed by atoms with Crippen LogP contribution in [-0.4, -0.2) is 17.1 Å². The van der Waals surface area contributed by atoms with Gasteiger partial charge in [0.25, 0.3) is 0 Å². The third-order valence-corrected chi connectivity index (χ3v) is 2.49. The Bertz CT molecular complexity index is 587. The van der Waals surface area contributed by atoms with Gasteiger partial charge in [0.15, 0.2) is 11.5 Å². The molecule has 6 nitrogen and oxygen atoms in total. The maximum absolute atomic E-state index is 5.71. The Morgan fingerprint density at radius 2 is 1.89 bits per heavy atom. The van der Waals surface area contributed by atoms with Gasteiger partial charge in [-0.25, -0.2) is 10.8 Å². The van der Waals surface area contributed by atoms with Crippen LogP contribution in [0.4, 0.5) is 5.95 Å². The van der Waals surface area contributed by atoms with Gasteiger partial charge in [0.2, 0.25) is 11.8 Å². The second-order valence-corrected chi connectivity index (χ2v) is 4.07. The second kappa shape index (κ2) is 5.53. The van der Waals surface area contributed by atoms with Crippen LogP contribution in [0.25, 0.3) is 0 Å². The number of anilines is 1. The maximum atomic E-state index is 5.71. The highest BCUT2D eigenvalue weighted by atomic mass is 16.5. The van der Waals surface area contributed by atoms with Gasteiger partial charge in [-0.05, 0) is 31.5 Å². The first-order valence-electron chi connectivity index (χ1n) is 5.77. The van der Waals surface area contributed by atoms with Crippen molar-refractivity contribution in [3.8, 4) is 17.4 Å². The van der Waals surface area contributed by atoms with E-state index in [9.17, 15) is 0 Å². The van der Waals surface area contributed by atoms with Crippen LogP contribution in [-0.2, 0) is 0 Å². The van der Waals surface area contributed by atoms with Crippen LogP contribution in [0.3, 0.4) is 0 Å². The van der Waals surface area contributed by atoms with Crippen LogP contribution in [0.5, 0.6) is 17.4 Å². The summed E-state index contributed by atoms with van der Waals surface area (Å²) in [6, 6.07) is 7.39. The van der Waals surface area contributed by atoms with Crippen LogP contribution in [0.2, 0.25) is 0 Å². The number of nitrogens with two attached hydrogens (primary N) is 1. The molecule has 6 heteroatoms. The molecule has 0 atom stereocenters. The summed E-state index contributed by atoms with van der Waals surface area (Å²) in [6.45, 7) is 3.82. The van der Waals surface area contributed by atoms with E-state index in [0.717, 1.165) is 11.3 Å². The molecule has 1 heterocycles. The van der Waals surface area contributed by atoms with Crippen molar-refractivity contribution in [2.75, 3.05) is 12.5 Å². The number of aryl methyl sites for hydroxylation is 2. The van der Waals surface area contributed by atoms with Crippen molar-refractivity contribution in [1.82, 2.24) is 9.97 Å². The SMILES string of the molecule is COc1cc(C)ccc1Oc1cc(C)nc(NN)n1. The summed E-state index contributed by atoms with van der Waals surface area (Å²) in [4.78, 5) is 8.21. The summed E-state index contributed by atoms with van der Waals surface area (Å²) in [5.74, 6) is 7.26. The number of nitrogens with zero attached hydrogens (tertiary/aromatic N) is 2. The average Bonchev–Trinajstić information content (AvgIpc) is 2.40. The van der Waals surface area contributed by atoms with E-state index in [1.54, 1.807) is 13.2 Å². The molecule has 19 heavy (non-hydrogen) atoms. The van der Waals surface area contributed by atoms with E-state index < -0.39 is 0 Å². The van der Waals surface area contributed by atoms with E-state index in [-0.39, 0.29) is 0 Å². The van der Waals surface area contributed by atoms with E-state index >= 15 is 0 Å². The Hall–Kier alpha value is -2.34. The van der Waals surface area contributed by atoms with Crippen molar-refractivity contribution >= 4 is 5.95 Å². The predicted octanol–water partition coefficient (Wildman–Crippen LogP) is 2.18. The lowest BCUT2D eigenvalue weighted by atomic mass is 10.2. The topological polar surface area (TPSA) is 82.3 Å². The summed E-state index contributed by atoms with van der Waals surface area (Å²) >= 11 is 0. The van der Waals surface area contributed by atoms with Crippen molar-refractivity contribution in [3.05, 3.63) is 35.5 Å². The molecule has 0 aliphatic carbocycles. The zero-order chi connectivity index (χ0) is 13.8. The number of nitrogen functional groups attached to an aromatic ring is 1. The minimum atomic E-state index is 0.307.